The Morgan fingerprint density at radius 1 is 1.33 bits per heavy atom. The summed E-state index contributed by atoms with van der Waals surface area (Å²) in [5.41, 5.74) is 1.59. The van der Waals surface area contributed by atoms with Gasteiger partial charge in [0.1, 0.15) is 5.69 Å². The summed E-state index contributed by atoms with van der Waals surface area (Å²) in [5, 5.41) is 4.13. The molecule has 2 aliphatic heterocycles. The molecule has 0 N–H and O–H groups in total. The predicted molar refractivity (Wildman–Crippen MR) is 99.0 cm³/mol. The van der Waals surface area contributed by atoms with Crippen LogP contribution in [0.15, 0.2) is 36.8 Å². The largest absolute Gasteiger partial charge is 0.377 e. The molecular formula is C20H26N4O3. The van der Waals surface area contributed by atoms with Gasteiger partial charge in [-0.05, 0) is 43.0 Å². The minimum absolute atomic E-state index is 0.0348. The first-order valence-corrected chi connectivity index (χ1v) is 9.53. The van der Waals surface area contributed by atoms with Gasteiger partial charge in [-0.15, -0.1) is 0 Å². The number of aryl methyl sites for hydroxylation is 1. The van der Waals surface area contributed by atoms with Crippen LogP contribution in [-0.4, -0.2) is 58.0 Å². The topological polar surface area (TPSA) is 69.5 Å². The van der Waals surface area contributed by atoms with E-state index in [1.165, 1.54) is 0 Å². The Morgan fingerprint density at radius 2 is 2.19 bits per heavy atom. The number of pyridine rings is 1. The third-order valence-electron chi connectivity index (χ3n) is 5.72. The van der Waals surface area contributed by atoms with Crippen LogP contribution in [0.1, 0.15) is 35.3 Å². The molecule has 1 amide bonds. The second-order valence-electron chi connectivity index (χ2n) is 7.53. The Morgan fingerprint density at radius 3 is 2.96 bits per heavy atom. The van der Waals surface area contributed by atoms with E-state index in [1.807, 2.05) is 17.0 Å². The van der Waals surface area contributed by atoms with Crippen LogP contribution in [0, 0.1) is 5.41 Å². The number of aromatic nitrogens is 3. The van der Waals surface area contributed by atoms with Crippen molar-refractivity contribution in [2.75, 3.05) is 26.3 Å². The van der Waals surface area contributed by atoms with Gasteiger partial charge in [-0.3, -0.25) is 14.5 Å². The maximum atomic E-state index is 13.0. The number of nitrogens with zero attached hydrogens (tertiary/aromatic N) is 4. The molecular weight excluding hydrogens is 344 g/mol. The molecule has 0 saturated carbocycles. The molecule has 0 spiro atoms. The molecule has 2 aromatic heterocycles. The second-order valence-corrected chi connectivity index (χ2v) is 7.53. The Kier molecular flexibility index (Phi) is 5.22. The van der Waals surface area contributed by atoms with E-state index < -0.39 is 0 Å². The van der Waals surface area contributed by atoms with Crippen LogP contribution in [0.2, 0.25) is 0 Å². The monoisotopic (exact) mass is 370 g/mol. The Balaban J connectivity index is 1.46. The summed E-state index contributed by atoms with van der Waals surface area (Å²) < 4.78 is 13.8. The third-order valence-corrected chi connectivity index (χ3v) is 5.72. The van der Waals surface area contributed by atoms with Gasteiger partial charge < -0.3 is 14.4 Å². The molecule has 144 valence electrons. The molecule has 2 atom stereocenters. The molecule has 0 radical (unpaired) electrons. The molecule has 2 fully saturated rings. The van der Waals surface area contributed by atoms with Crippen LogP contribution < -0.4 is 0 Å². The molecule has 0 unspecified atom stereocenters. The van der Waals surface area contributed by atoms with Crippen LogP contribution in [-0.2, 0) is 23.1 Å². The summed E-state index contributed by atoms with van der Waals surface area (Å²) in [6.45, 7) is 3.31. The number of carbonyl (C=O) groups is 1. The quantitative estimate of drug-likeness (QED) is 0.806. The van der Waals surface area contributed by atoms with Crippen molar-refractivity contribution in [3.05, 3.63) is 48.0 Å². The molecule has 2 aliphatic rings. The van der Waals surface area contributed by atoms with Crippen molar-refractivity contribution in [1.29, 1.82) is 0 Å². The van der Waals surface area contributed by atoms with E-state index in [9.17, 15) is 4.79 Å². The lowest BCUT2D eigenvalue weighted by atomic mass is 9.73. The fraction of sp³-hybridized carbons (Fsp3) is 0.550. The van der Waals surface area contributed by atoms with Crippen molar-refractivity contribution in [3.63, 3.8) is 0 Å². The lowest BCUT2D eigenvalue weighted by Crippen LogP contribution is -2.58. The Labute approximate surface area is 159 Å². The molecule has 0 aromatic carbocycles. The lowest BCUT2D eigenvalue weighted by Gasteiger charge is -2.50. The van der Waals surface area contributed by atoms with Crippen LogP contribution in [0.3, 0.4) is 0 Å². The summed E-state index contributed by atoms with van der Waals surface area (Å²) in [4.78, 5) is 19.0. The first-order valence-electron chi connectivity index (χ1n) is 9.53. The first-order chi connectivity index (χ1) is 13.2. The summed E-state index contributed by atoms with van der Waals surface area (Å²) in [6, 6.07) is 5.70. The van der Waals surface area contributed by atoms with Crippen LogP contribution >= 0.6 is 0 Å². The van der Waals surface area contributed by atoms with Gasteiger partial charge in [-0.2, -0.15) is 5.10 Å². The maximum absolute atomic E-state index is 13.0. The fourth-order valence-corrected chi connectivity index (χ4v) is 4.27. The SMILES string of the molecule is Cn1nccc1C(=O)N1CC[C@H]2OCCC[C@]2(COCc2ccncc2)C1. The van der Waals surface area contributed by atoms with Gasteiger partial charge in [-0.1, -0.05) is 0 Å². The third kappa shape index (κ3) is 3.75. The summed E-state index contributed by atoms with van der Waals surface area (Å²) >= 11 is 0. The first kappa shape index (κ1) is 18.1. The van der Waals surface area contributed by atoms with Crippen molar-refractivity contribution >= 4 is 5.91 Å². The number of likely N-dealkylation sites (tertiary alicyclic amines) is 1. The van der Waals surface area contributed by atoms with E-state index >= 15 is 0 Å². The highest BCUT2D eigenvalue weighted by Crippen LogP contribution is 2.41. The fourth-order valence-electron chi connectivity index (χ4n) is 4.27. The molecule has 27 heavy (non-hydrogen) atoms. The number of piperidine rings is 1. The molecule has 4 rings (SSSR count). The van der Waals surface area contributed by atoms with E-state index in [2.05, 4.69) is 10.1 Å². The van der Waals surface area contributed by atoms with Crippen LogP contribution in [0.5, 0.6) is 0 Å². The Bertz CT molecular complexity index is 779. The van der Waals surface area contributed by atoms with Gasteiger partial charge in [-0.25, -0.2) is 0 Å². The average Bonchev–Trinajstić information content (AvgIpc) is 3.13. The zero-order valence-electron chi connectivity index (χ0n) is 15.7. The molecule has 0 aliphatic carbocycles. The van der Waals surface area contributed by atoms with E-state index in [0.29, 0.717) is 32.0 Å². The van der Waals surface area contributed by atoms with Crippen LogP contribution in [0.4, 0.5) is 0 Å². The van der Waals surface area contributed by atoms with Gasteiger partial charge in [0.15, 0.2) is 0 Å². The summed E-state index contributed by atoms with van der Waals surface area (Å²) in [5.74, 6) is 0.0348. The highest BCUT2D eigenvalue weighted by molar-refractivity contribution is 5.92. The summed E-state index contributed by atoms with van der Waals surface area (Å²) in [6.07, 6.45) is 8.24. The normalized spacial score (nSPS) is 25.2. The van der Waals surface area contributed by atoms with Gasteiger partial charge in [0.25, 0.3) is 5.91 Å². The Hall–Kier alpha value is -2.25. The van der Waals surface area contributed by atoms with Gasteiger partial charge >= 0.3 is 0 Å². The number of hydrogen-bond acceptors (Lipinski definition) is 5. The second kappa shape index (κ2) is 7.78. The number of ether oxygens (including phenoxy) is 2. The lowest BCUT2D eigenvalue weighted by molar-refractivity contribution is -0.148. The van der Waals surface area contributed by atoms with Crippen molar-refractivity contribution in [2.24, 2.45) is 12.5 Å². The molecule has 7 heteroatoms. The molecule has 2 saturated heterocycles. The number of carbonyl (C=O) groups excluding carboxylic acids is 1. The summed E-state index contributed by atoms with van der Waals surface area (Å²) in [7, 11) is 1.80. The standard InChI is InChI=1S/C20H26N4O3/c1-23-17(5-10-22-23)19(25)24-11-6-18-20(14-24,7-2-12-27-18)15-26-13-16-3-8-21-9-4-16/h3-5,8-10,18H,2,6-7,11-15H2,1H3/t18-,20-/m1/s1. The van der Waals surface area contributed by atoms with Crippen LogP contribution in [0.25, 0.3) is 0 Å². The smallest absolute Gasteiger partial charge is 0.272 e. The van der Waals surface area contributed by atoms with Gasteiger partial charge in [0, 0.05) is 50.7 Å². The minimum Gasteiger partial charge on any atom is -0.377 e. The van der Waals surface area contributed by atoms with Crippen molar-refractivity contribution in [2.45, 2.75) is 32.0 Å². The minimum atomic E-state index is -0.141. The highest BCUT2D eigenvalue weighted by atomic mass is 16.5. The molecule has 7 nitrogen and oxygen atoms in total. The van der Waals surface area contributed by atoms with Crippen molar-refractivity contribution in [3.8, 4) is 0 Å². The number of hydrogen-bond donors (Lipinski definition) is 0. The molecule has 4 heterocycles. The number of rotatable bonds is 5. The van der Waals surface area contributed by atoms with Crippen molar-refractivity contribution < 1.29 is 14.3 Å². The zero-order valence-corrected chi connectivity index (χ0v) is 15.7. The highest BCUT2D eigenvalue weighted by Gasteiger charge is 2.47. The van der Waals surface area contributed by atoms with E-state index in [1.54, 1.807) is 36.4 Å². The van der Waals surface area contributed by atoms with E-state index in [0.717, 1.165) is 31.4 Å². The number of amides is 1. The zero-order chi connectivity index (χ0) is 18.7. The van der Waals surface area contributed by atoms with E-state index in [4.69, 9.17) is 9.47 Å². The molecule has 0 bridgehead atoms. The van der Waals surface area contributed by atoms with E-state index in [-0.39, 0.29) is 17.4 Å². The molecule has 2 aromatic rings. The average molecular weight is 370 g/mol. The van der Waals surface area contributed by atoms with Gasteiger partial charge in [0.05, 0.1) is 19.3 Å². The van der Waals surface area contributed by atoms with Gasteiger partial charge in [0.2, 0.25) is 0 Å². The maximum Gasteiger partial charge on any atom is 0.272 e. The van der Waals surface area contributed by atoms with Crippen molar-refractivity contribution in [1.82, 2.24) is 19.7 Å². The predicted octanol–water partition coefficient (Wildman–Crippen LogP) is 2.04. The number of fused-ring (bicyclic) bond motifs is 1.